The molecule has 7 nitrogen and oxygen atoms in total. The summed E-state index contributed by atoms with van der Waals surface area (Å²) < 4.78 is 5.18. The van der Waals surface area contributed by atoms with Crippen molar-refractivity contribution in [2.75, 3.05) is 45.2 Å². The molecule has 0 spiro atoms. The number of ether oxygens (including phenoxy) is 1. The van der Waals surface area contributed by atoms with Gasteiger partial charge in [-0.05, 0) is 50.2 Å². The SMILES string of the molecule is COc1cccc(NC(=O)CCC2CCN(C(=O)CCN3CCCCO3)CC2)c1. The van der Waals surface area contributed by atoms with E-state index in [9.17, 15) is 9.59 Å². The summed E-state index contributed by atoms with van der Waals surface area (Å²) >= 11 is 0. The Kier molecular flexibility index (Phi) is 8.31. The van der Waals surface area contributed by atoms with Gasteiger partial charge >= 0.3 is 0 Å². The minimum atomic E-state index is 0.0262. The molecule has 2 heterocycles. The van der Waals surface area contributed by atoms with Crippen LogP contribution in [0.25, 0.3) is 0 Å². The summed E-state index contributed by atoms with van der Waals surface area (Å²) in [5.74, 6) is 1.47. The molecule has 2 amide bonds. The monoisotopic (exact) mass is 403 g/mol. The first-order chi connectivity index (χ1) is 14.1. The molecular formula is C22H33N3O4. The second-order valence-corrected chi connectivity index (χ2v) is 7.86. The zero-order valence-electron chi connectivity index (χ0n) is 17.4. The number of likely N-dealkylation sites (tertiary alicyclic amines) is 1. The molecule has 0 atom stereocenters. The lowest BCUT2D eigenvalue weighted by Crippen LogP contribution is -2.40. The number of nitrogens with one attached hydrogen (secondary N) is 1. The summed E-state index contributed by atoms with van der Waals surface area (Å²) in [6.07, 6.45) is 6.08. The van der Waals surface area contributed by atoms with Crippen molar-refractivity contribution in [3.8, 4) is 5.75 Å². The Morgan fingerprint density at radius 1 is 1.17 bits per heavy atom. The van der Waals surface area contributed by atoms with Crippen LogP contribution in [0.1, 0.15) is 44.9 Å². The molecule has 2 fully saturated rings. The number of nitrogens with zero attached hydrogens (tertiary/aromatic N) is 2. The Morgan fingerprint density at radius 3 is 2.72 bits per heavy atom. The van der Waals surface area contributed by atoms with Crippen LogP contribution in [0.2, 0.25) is 0 Å². The number of benzene rings is 1. The van der Waals surface area contributed by atoms with Gasteiger partial charge in [-0.25, -0.2) is 0 Å². The molecule has 7 heteroatoms. The fourth-order valence-corrected chi connectivity index (χ4v) is 3.93. The molecule has 1 N–H and O–H groups in total. The summed E-state index contributed by atoms with van der Waals surface area (Å²) in [4.78, 5) is 32.2. The van der Waals surface area contributed by atoms with Crippen molar-refractivity contribution < 1.29 is 19.2 Å². The third kappa shape index (κ3) is 7.01. The van der Waals surface area contributed by atoms with Crippen LogP contribution < -0.4 is 10.1 Å². The highest BCUT2D eigenvalue weighted by molar-refractivity contribution is 5.90. The van der Waals surface area contributed by atoms with Crippen molar-refractivity contribution >= 4 is 17.5 Å². The number of hydrogen-bond donors (Lipinski definition) is 1. The number of hydroxylamine groups is 2. The number of piperidine rings is 1. The van der Waals surface area contributed by atoms with Crippen LogP contribution in [0.15, 0.2) is 24.3 Å². The van der Waals surface area contributed by atoms with Crippen LogP contribution in [0.5, 0.6) is 5.75 Å². The minimum Gasteiger partial charge on any atom is -0.497 e. The smallest absolute Gasteiger partial charge is 0.224 e. The van der Waals surface area contributed by atoms with Crippen molar-refractivity contribution in [3.63, 3.8) is 0 Å². The maximum absolute atomic E-state index is 12.4. The van der Waals surface area contributed by atoms with E-state index in [1.54, 1.807) is 7.11 Å². The Labute approximate surface area is 173 Å². The lowest BCUT2D eigenvalue weighted by Gasteiger charge is -2.33. The fourth-order valence-electron chi connectivity index (χ4n) is 3.93. The Balaban J connectivity index is 1.31. The third-order valence-corrected chi connectivity index (χ3v) is 5.75. The van der Waals surface area contributed by atoms with Crippen LogP contribution in [0.4, 0.5) is 5.69 Å². The average molecular weight is 404 g/mol. The molecule has 1 aromatic carbocycles. The molecule has 0 bridgehead atoms. The Bertz CT molecular complexity index is 668. The number of carbonyl (C=O) groups excluding carboxylic acids is 2. The van der Waals surface area contributed by atoms with E-state index in [-0.39, 0.29) is 11.8 Å². The van der Waals surface area contributed by atoms with Gasteiger partial charge in [0.25, 0.3) is 0 Å². The van der Waals surface area contributed by atoms with E-state index >= 15 is 0 Å². The first-order valence-corrected chi connectivity index (χ1v) is 10.7. The first-order valence-electron chi connectivity index (χ1n) is 10.7. The van der Waals surface area contributed by atoms with Crippen LogP contribution in [0, 0.1) is 5.92 Å². The molecule has 0 aliphatic carbocycles. The van der Waals surface area contributed by atoms with Gasteiger partial charge in [-0.15, -0.1) is 0 Å². The van der Waals surface area contributed by atoms with E-state index < -0.39 is 0 Å². The number of methoxy groups -OCH3 is 1. The van der Waals surface area contributed by atoms with Crippen LogP contribution in [0.3, 0.4) is 0 Å². The van der Waals surface area contributed by atoms with Gasteiger partial charge in [-0.1, -0.05) is 6.07 Å². The molecule has 0 aromatic heterocycles. The van der Waals surface area contributed by atoms with Gasteiger partial charge in [-0.3, -0.25) is 14.4 Å². The normalized spacial score (nSPS) is 18.4. The summed E-state index contributed by atoms with van der Waals surface area (Å²) in [7, 11) is 1.61. The zero-order valence-corrected chi connectivity index (χ0v) is 17.4. The van der Waals surface area contributed by atoms with Crippen molar-refractivity contribution in [2.24, 2.45) is 5.92 Å². The van der Waals surface area contributed by atoms with Gasteiger partial charge in [-0.2, -0.15) is 5.06 Å². The topological polar surface area (TPSA) is 71.1 Å². The lowest BCUT2D eigenvalue weighted by molar-refractivity contribution is -0.182. The fraction of sp³-hybridized carbons (Fsp3) is 0.636. The van der Waals surface area contributed by atoms with Crippen LogP contribution in [-0.2, 0) is 14.4 Å². The number of anilines is 1. The zero-order chi connectivity index (χ0) is 20.5. The van der Waals surface area contributed by atoms with Gasteiger partial charge in [0, 0.05) is 50.8 Å². The van der Waals surface area contributed by atoms with Gasteiger partial charge < -0.3 is 15.0 Å². The number of carbonyl (C=O) groups is 2. The highest BCUT2D eigenvalue weighted by Crippen LogP contribution is 2.23. The highest BCUT2D eigenvalue weighted by Gasteiger charge is 2.24. The second kappa shape index (κ2) is 11.2. The van der Waals surface area contributed by atoms with Crippen molar-refractivity contribution in [3.05, 3.63) is 24.3 Å². The van der Waals surface area contributed by atoms with E-state index in [1.165, 1.54) is 0 Å². The van der Waals surface area contributed by atoms with Gasteiger partial charge in [0.05, 0.1) is 13.7 Å². The minimum absolute atomic E-state index is 0.0262. The highest BCUT2D eigenvalue weighted by atomic mass is 16.7. The number of rotatable bonds is 8. The molecule has 0 radical (unpaired) electrons. The van der Waals surface area contributed by atoms with E-state index in [2.05, 4.69) is 5.32 Å². The predicted molar refractivity (Wildman–Crippen MR) is 112 cm³/mol. The maximum Gasteiger partial charge on any atom is 0.224 e. The molecule has 0 unspecified atom stereocenters. The van der Waals surface area contributed by atoms with Gasteiger partial charge in [0.2, 0.25) is 11.8 Å². The lowest BCUT2D eigenvalue weighted by atomic mass is 9.92. The number of hydrogen-bond acceptors (Lipinski definition) is 5. The van der Waals surface area contributed by atoms with E-state index in [0.29, 0.717) is 25.3 Å². The van der Waals surface area contributed by atoms with Crippen LogP contribution >= 0.6 is 0 Å². The molecule has 2 saturated heterocycles. The Hall–Kier alpha value is -2.12. The molecule has 2 aliphatic heterocycles. The standard InChI is InChI=1S/C22H33N3O4/c1-28-20-6-4-5-19(17-20)23-21(26)8-7-18-9-13-24(14-10-18)22(27)11-15-25-12-2-3-16-29-25/h4-6,17-18H,2-3,7-16H2,1H3,(H,23,26). The third-order valence-electron chi connectivity index (χ3n) is 5.75. The summed E-state index contributed by atoms with van der Waals surface area (Å²) in [6, 6.07) is 7.39. The molecule has 1 aromatic rings. The largest absolute Gasteiger partial charge is 0.497 e. The van der Waals surface area contributed by atoms with Gasteiger partial charge in [0.15, 0.2) is 0 Å². The van der Waals surface area contributed by atoms with Crippen molar-refractivity contribution in [1.82, 2.24) is 9.96 Å². The molecule has 2 aliphatic rings. The summed E-state index contributed by atoms with van der Waals surface area (Å²) in [6.45, 7) is 3.96. The van der Waals surface area contributed by atoms with Crippen molar-refractivity contribution in [1.29, 1.82) is 0 Å². The second-order valence-electron chi connectivity index (χ2n) is 7.86. The van der Waals surface area contributed by atoms with E-state index in [0.717, 1.165) is 69.8 Å². The quantitative estimate of drug-likeness (QED) is 0.722. The van der Waals surface area contributed by atoms with Crippen LogP contribution in [-0.4, -0.2) is 61.7 Å². The predicted octanol–water partition coefficient (Wildman–Crippen LogP) is 3.07. The van der Waals surface area contributed by atoms with Crippen molar-refractivity contribution in [2.45, 2.75) is 44.9 Å². The summed E-state index contributed by atoms with van der Waals surface area (Å²) in [5, 5.41) is 4.86. The van der Waals surface area contributed by atoms with E-state index in [1.807, 2.05) is 34.2 Å². The molecule has 3 rings (SSSR count). The molecule has 0 saturated carbocycles. The first kappa shape index (κ1) is 21.6. The average Bonchev–Trinajstić information content (AvgIpc) is 2.77. The summed E-state index contributed by atoms with van der Waals surface area (Å²) in [5.41, 5.74) is 0.757. The van der Waals surface area contributed by atoms with Gasteiger partial charge in [0.1, 0.15) is 5.75 Å². The van der Waals surface area contributed by atoms with E-state index in [4.69, 9.17) is 9.57 Å². The molecular weight excluding hydrogens is 370 g/mol. The molecule has 160 valence electrons. The Morgan fingerprint density at radius 2 is 2.00 bits per heavy atom. The number of amides is 2. The maximum atomic E-state index is 12.4. The molecule has 29 heavy (non-hydrogen) atoms.